The van der Waals surface area contributed by atoms with Gasteiger partial charge in [-0.3, -0.25) is 4.79 Å². The summed E-state index contributed by atoms with van der Waals surface area (Å²) < 4.78 is 4.34. The zero-order chi connectivity index (χ0) is 7.11. The third kappa shape index (κ3) is 5.07. The highest BCUT2D eigenvalue weighted by molar-refractivity contribution is 5.38. The minimum absolute atomic E-state index is 0.416. The Bertz CT molecular complexity index is 97.1. The molecule has 0 aromatic heterocycles. The fraction of sp³-hybridized carbons (Fsp3) is 0.571. The topological polar surface area (TPSA) is 26.3 Å². The maximum atomic E-state index is 9.60. The molecule has 0 radical (unpaired) electrons. The van der Waals surface area contributed by atoms with Crippen LogP contribution in [-0.4, -0.2) is 6.47 Å². The van der Waals surface area contributed by atoms with Crippen molar-refractivity contribution in [1.82, 2.24) is 0 Å². The molecule has 0 saturated heterocycles. The van der Waals surface area contributed by atoms with Crippen molar-refractivity contribution >= 4 is 6.47 Å². The van der Waals surface area contributed by atoms with Crippen molar-refractivity contribution < 1.29 is 9.53 Å². The van der Waals surface area contributed by atoms with Gasteiger partial charge in [0.25, 0.3) is 6.47 Å². The van der Waals surface area contributed by atoms with E-state index in [4.69, 9.17) is 0 Å². The Balaban J connectivity index is 3.31. The Morgan fingerprint density at radius 1 is 1.67 bits per heavy atom. The SMILES string of the molecule is CCC(C)/C=C/OC=O. The highest BCUT2D eigenvalue weighted by Crippen LogP contribution is 2.00. The van der Waals surface area contributed by atoms with E-state index < -0.39 is 0 Å². The van der Waals surface area contributed by atoms with Gasteiger partial charge >= 0.3 is 0 Å². The molecular formula is C7H12O2. The first-order valence-corrected chi connectivity index (χ1v) is 3.07. The Morgan fingerprint density at radius 3 is 2.78 bits per heavy atom. The molecule has 0 saturated carbocycles. The van der Waals surface area contributed by atoms with Gasteiger partial charge in [-0.15, -0.1) is 0 Å². The smallest absolute Gasteiger partial charge is 0.297 e. The lowest BCUT2D eigenvalue weighted by molar-refractivity contribution is -0.123. The normalized spacial score (nSPS) is 13.6. The van der Waals surface area contributed by atoms with Gasteiger partial charge in [0.2, 0.25) is 0 Å². The molecule has 0 spiro atoms. The van der Waals surface area contributed by atoms with E-state index >= 15 is 0 Å². The maximum Gasteiger partial charge on any atom is 0.297 e. The van der Waals surface area contributed by atoms with Crippen LogP contribution < -0.4 is 0 Å². The van der Waals surface area contributed by atoms with Crippen LogP contribution in [0.4, 0.5) is 0 Å². The molecule has 0 N–H and O–H groups in total. The number of allylic oxidation sites excluding steroid dienone is 1. The van der Waals surface area contributed by atoms with Crippen molar-refractivity contribution in [2.24, 2.45) is 5.92 Å². The quantitative estimate of drug-likeness (QED) is 0.425. The summed E-state index contributed by atoms with van der Waals surface area (Å²) in [5, 5.41) is 0. The molecule has 0 aliphatic carbocycles. The standard InChI is InChI=1S/C7H12O2/c1-3-7(2)4-5-9-6-8/h4-7H,3H2,1-2H3/b5-4+. The third-order valence-corrected chi connectivity index (χ3v) is 1.19. The van der Waals surface area contributed by atoms with Gasteiger partial charge < -0.3 is 4.74 Å². The van der Waals surface area contributed by atoms with E-state index in [9.17, 15) is 4.79 Å². The van der Waals surface area contributed by atoms with Crippen LogP contribution in [-0.2, 0) is 9.53 Å². The molecule has 1 unspecified atom stereocenters. The van der Waals surface area contributed by atoms with Crippen molar-refractivity contribution in [2.45, 2.75) is 20.3 Å². The zero-order valence-corrected chi connectivity index (χ0v) is 5.83. The van der Waals surface area contributed by atoms with E-state index in [0.717, 1.165) is 6.42 Å². The van der Waals surface area contributed by atoms with Crippen LogP contribution in [0.2, 0.25) is 0 Å². The minimum Gasteiger partial charge on any atom is -0.437 e. The summed E-state index contributed by atoms with van der Waals surface area (Å²) in [6.45, 7) is 4.56. The first-order chi connectivity index (χ1) is 4.31. The molecule has 0 aromatic carbocycles. The Labute approximate surface area is 55.5 Å². The van der Waals surface area contributed by atoms with Gasteiger partial charge in [0.05, 0.1) is 6.26 Å². The zero-order valence-electron chi connectivity index (χ0n) is 5.83. The first-order valence-electron chi connectivity index (χ1n) is 3.07. The second kappa shape index (κ2) is 5.35. The fourth-order valence-corrected chi connectivity index (χ4v) is 0.348. The molecule has 0 aliphatic rings. The highest BCUT2D eigenvalue weighted by Gasteiger charge is 1.88. The predicted molar refractivity (Wildman–Crippen MR) is 35.7 cm³/mol. The summed E-state index contributed by atoms with van der Waals surface area (Å²) >= 11 is 0. The van der Waals surface area contributed by atoms with E-state index in [2.05, 4.69) is 18.6 Å². The number of hydrogen-bond donors (Lipinski definition) is 0. The summed E-state index contributed by atoms with van der Waals surface area (Å²) in [4.78, 5) is 9.60. The summed E-state index contributed by atoms with van der Waals surface area (Å²) in [6, 6.07) is 0. The number of hydrogen-bond acceptors (Lipinski definition) is 2. The minimum atomic E-state index is 0.416. The molecule has 0 heterocycles. The molecule has 0 rings (SSSR count). The van der Waals surface area contributed by atoms with Crippen molar-refractivity contribution in [1.29, 1.82) is 0 Å². The van der Waals surface area contributed by atoms with E-state index in [-0.39, 0.29) is 0 Å². The van der Waals surface area contributed by atoms with Crippen molar-refractivity contribution in [3.63, 3.8) is 0 Å². The average Bonchev–Trinajstić information content (AvgIpc) is 1.89. The summed E-state index contributed by atoms with van der Waals surface area (Å²) in [5.41, 5.74) is 0. The number of carbonyl (C=O) groups excluding carboxylic acids is 1. The summed E-state index contributed by atoms with van der Waals surface area (Å²) in [5.74, 6) is 0.491. The van der Waals surface area contributed by atoms with Crippen molar-refractivity contribution in [2.75, 3.05) is 0 Å². The van der Waals surface area contributed by atoms with Gasteiger partial charge in [0, 0.05) is 0 Å². The number of ether oxygens (including phenoxy) is 1. The molecule has 0 aliphatic heterocycles. The number of carbonyl (C=O) groups is 1. The van der Waals surface area contributed by atoms with Crippen LogP contribution in [0.3, 0.4) is 0 Å². The first kappa shape index (κ1) is 8.21. The highest BCUT2D eigenvalue weighted by atomic mass is 16.5. The predicted octanol–water partition coefficient (Wildman–Crippen LogP) is 1.72. The summed E-state index contributed by atoms with van der Waals surface area (Å²) in [6.07, 6.45) is 4.34. The van der Waals surface area contributed by atoms with E-state index in [1.54, 1.807) is 0 Å². The average molecular weight is 128 g/mol. The van der Waals surface area contributed by atoms with Gasteiger partial charge in [0.1, 0.15) is 0 Å². The van der Waals surface area contributed by atoms with Crippen molar-refractivity contribution in [3.05, 3.63) is 12.3 Å². The van der Waals surface area contributed by atoms with Gasteiger partial charge in [0.15, 0.2) is 0 Å². The third-order valence-electron chi connectivity index (χ3n) is 1.19. The lowest BCUT2D eigenvalue weighted by atomic mass is 10.1. The van der Waals surface area contributed by atoms with Gasteiger partial charge in [-0.1, -0.05) is 13.8 Å². The Kier molecular flexibility index (Phi) is 4.88. The molecule has 0 amide bonds. The monoisotopic (exact) mass is 128 g/mol. The Hall–Kier alpha value is -0.790. The lowest BCUT2D eigenvalue weighted by Crippen LogP contribution is -1.84. The fourth-order valence-electron chi connectivity index (χ4n) is 0.348. The van der Waals surface area contributed by atoms with Crippen molar-refractivity contribution in [3.8, 4) is 0 Å². The van der Waals surface area contributed by atoms with Crippen LogP contribution in [0.25, 0.3) is 0 Å². The lowest BCUT2D eigenvalue weighted by Gasteiger charge is -1.96. The van der Waals surface area contributed by atoms with Crippen LogP contribution in [0, 0.1) is 5.92 Å². The van der Waals surface area contributed by atoms with E-state index in [1.165, 1.54) is 6.26 Å². The van der Waals surface area contributed by atoms with E-state index in [0.29, 0.717) is 12.4 Å². The van der Waals surface area contributed by atoms with Gasteiger partial charge in [-0.2, -0.15) is 0 Å². The Morgan fingerprint density at radius 2 is 2.33 bits per heavy atom. The molecule has 0 aromatic rings. The second-order valence-electron chi connectivity index (χ2n) is 1.95. The van der Waals surface area contributed by atoms with Crippen LogP contribution in [0.1, 0.15) is 20.3 Å². The molecule has 2 heteroatoms. The molecule has 1 atom stereocenters. The van der Waals surface area contributed by atoms with Crippen LogP contribution in [0.5, 0.6) is 0 Å². The molecule has 0 bridgehead atoms. The largest absolute Gasteiger partial charge is 0.437 e. The number of rotatable bonds is 4. The van der Waals surface area contributed by atoms with Gasteiger partial charge in [-0.05, 0) is 18.4 Å². The summed E-state index contributed by atoms with van der Waals surface area (Å²) in [7, 11) is 0. The maximum absolute atomic E-state index is 9.60. The molecular weight excluding hydrogens is 116 g/mol. The molecule has 9 heavy (non-hydrogen) atoms. The van der Waals surface area contributed by atoms with Crippen LogP contribution in [0.15, 0.2) is 12.3 Å². The molecule has 52 valence electrons. The van der Waals surface area contributed by atoms with Gasteiger partial charge in [-0.25, -0.2) is 0 Å². The van der Waals surface area contributed by atoms with Crippen LogP contribution >= 0.6 is 0 Å². The molecule has 2 nitrogen and oxygen atoms in total. The molecule has 0 fully saturated rings. The second-order valence-corrected chi connectivity index (χ2v) is 1.95. The van der Waals surface area contributed by atoms with E-state index in [1.807, 2.05) is 6.08 Å².